The average molecular weight is 582 g/mol. The first-order valence-corrected chi connectivity index (χ1v) is 13.2. The van der Waals surface area contributed by atoms with Gasteiger partial charge in [0.2, 0.25) is 0 Å². The van der Waals surface area contributed by atoms with Gasteiger partial charge in [-0.3, -0.25) is 24.0 Å². The fourth-order valence-corrected chi connectivity index (χ4v) is 4.57. The number of aliphatic carboxylic acids is 1. The fourth-order valence-electron chi connectivity index (χ4n) is 4.57. The Hall–Kier alpha value is -3.87. The first-order chi connectivity index (χ1) is 19.4. The van der Waals surface area contributed by atoms with E-state index in [1.807, 2.05) is 13.8 Å². The molecule has 3 heterocycles. The third-order valence-corrected chi connectivity index (χ3v) is 6.35. The van der Waals surface area contributed by atoms with E-state index in [0.717, 1.165) is 16.8 Å². The lowest BCUT2D eigenvalue weighted by atomic mass is 10.1. The van der Waals surface area contributed by atoms with Gasteiger partial charge in [-0.25, -0.2) is 13.8 Å². The number of nitrogens with one attached hydrogen (secondary N) is 1. The van der Waals surface area contributed by atoms with E-state index in [2.05, 4.69) is 15.3 Å². The molecule has 1 atom stereocenters. The number of alkyl halides is 5. The first-order valence-electron chi connectivity index (χ1n) is 13.2. The van der Waals surface area contributed by atoms with Crippen molar-refractivity contribution < 1.29 is 36.6 Å². The van der Waals surface area contributed by atoms with E-state index in [9.17, 15) is 36.6 Å². The number of amides is 1. The van der Waals surface area contributed by atoms with Crippen molar-refractivity contribution in [3.63, 3.8) is 0 Å². The molecule has 222 valence electrons. The van der Waals surface area contributed by atoms with Crippen molar-refractivity contribution in [1.82, 2.24) is 24.8 Å². The molecule has 1 fully saturated rings. The number of carbonyl (C=O) groups is 2. The minimum Gasteiger partial charge on any atom is -0.481 e. The van der Waals surface area contributed by atoms with Crippen LogP contribution in [0.1, 0.15) is 55.6 Å². The minimum atomic E-state index is -4.69. The number of pyridine rings is 1. The fraction of sp³-hybridized carbons (Fsp3) is 0.429. The SMILES string of the molecule is CC.O=C(O)C[C@H](CCN1CCCC(F)(F)C1)NC(=O)c1cn(-c2ccccc2C(F)(F)F)c(-c2cccnc2)n1. The molecule has 0 spiro atoms. The van der Waals surface area contributed by atoms with Crippen LogP contribution in [-0.4, -0.2) is 68.0 Å². The van der Waals surface area contributed by atoms with E-state index in [4.69, 9.17) is 0 Å². The second-order valence-corrected chi connectivity index (χ2v) is 9.37. The van der Waals surface area contributed by atoms with E-state index in [-0.39, 0.29) is 36.6 Å². The van der Waals surface area contributed by atoms with Gasteiger partial charge in [-0.2, -0.15) is 13.2 Å². The lowest BCUT2D eigenvalue weighted by molar-refractivity contribution is -0.138. The number of piperidine rings is 1. The third-order valence-electron chi connectivity index (χ3n) is 6.35. The van der Waals surface area contributed by atoms with E-state index in [0.29, 0.717) is 18.5 Å². The van der Waals surface area contributed by atoms with Crippen molar-refractivity contribution in [3.8, 4) is 17.1 Å². The molecule has 2 aromatic heterocycles. The molecule has 1 aliphatic rings. The second-order valence-electron chi connectivity index (χ2n) is 9.37. The van der Waals surface area contributed by atoms with Crippen LogP contribution >= 0.6 is 0 Å². The van der Waals surface area contributed by atoms with Crippen LogP contribution in [0, 0.1) is 0 Å². The number of hydrogen-bond donors (Lipinski definition) is 2. The molecule has 3 aromatic rings. The summed E-state index contributed by atoms with van der Waals surface area (Å²) in [6.45, 7) is 4.13. The first kappa shape index (κ1) is 31.7. The Morgan fingerprint density at radius 1 is 1.15 bits per heavy atom. The standard InChI is InChI=1S/C26H26F5N5O3.C2H6/c27-25(28)9-4-11-35(16-25)12-8-18(13-22(37)38)33-24(39)20-15-36(23(34-20)17-5-3-10-32-14-17)21-7-2-1-6-19(21)26(29,30)31;1-2/h1-3,5-7,10,14-15,18H,4,8-9,11-13,16H2,(H,33,39)(H,37,38);1-2H3/t18-;/m0./s1. The van der Waals surface area contributed by atoms with Gasteiger partial charge in [-0.15, -0.1) is 0 Å². The molecule has 0 saturated carbocycles. The summed E-state index contributed by atoms with van der Waals surface area (Å²) in [5.74, 6) is -4.81. The highest BCUT2D eigenvalue weighted by atomic mass is 19.4. The van der Waals surface area contributed by atoms with E-state index in [1.54, 1.807) is 12.1 Å². The van der Waals surface area contributed by atoms with Crippen LogP contribution in [0.3, 0.4) is 0 Å². The molecule has 0 radical (unpaired) electrons. The second kappa shape index (κ2) is 13.7. The van der Waals surface area contributed by atoms with Crippen LogP contribution in [-0.2, 0) is 11.0 Å². The molecule has 0 bridgehead atoms. The number of aromatic nitrogens is 3. The van der Waals surface area contributed by atoms with Gasteiger partial charge in [-0.05, 0) is 43.7 Å². The zero-order chi connectivity index (χ0) is 30.2. The molecular formula is C28H32F5N5O3. The number of nitrogens with zero attached hydrogens (tertiary/aromatic N) is 4. The van der Waals surface area contributed by atoms with Crippen LogP contribution in [0.4, 0.5) is 22.0 Å². The maximum atomic E-state index is 13.8. The van der Waals surface area contributed by atoms with Gasteiger partial charge in [0.05, 0.1) is 24.2 Å². The number of carboxylic acid groups (broad SMARTS) is 1. The molecule has 41 heavy (non-hydrogen) atoms. The molecule has 4 rings (SSSR count). The molecule has 1 aliphatic heterocycles. The molecule has 1 amide bonds. The monoisotopic (exact) mass is 581 g/mol. The van der Waals surface area contributed by atoms with Gasteiger partial charge < -0.3 is 10.4 Å². The zero-order valence-corrected chi connectivity index (χ0v) is 22.7. The van der Waals surface area contributed by atoms with Crippen LogP contribution < -0.4 is 5.32 Å². The van der Waals surface area contributed by atoms with Crippen LogP contribution in [0.25, 0.3) is 17.1 Å². The lowest BCUT2D eigenvalue weighted by Crippen LogP contribution is -2.45. The predicted octanol–water partition coefficient (Wildman–Crippen LogP) is 5.67. The molecule has 8 nitrogen and oxygen atoms in total. The summed E-state index contributed by atoms with van der Waals surface area (Å²) in [6.07, 6.45) is -0.973. The molecule has 0 aliphatic carbocycles. The highest BCUT2D eigenvalue weighted by Gasteiger charge is 2.36. The number of hydrogen-bond acceptors (Lipinski definition) is 5. The van der Waals surface area contributed by atoms with Gasteiger partial charge >= 0.3 is 12.1 Å². The normalized spacial score (nSPS) is 15.9. The highest BCUT2D eigenvalue weighted by molar-refractivity contribution is 5.93. The topological polar surface area (TPSA) is 100 Å². The number of rotatable bonds is 9. The van der Waals surface area contributed by atoms with Crippen LogP contribution in [0.5, 0.6) is 0 Å². The van der Waals surface area contributed by atoms with Crippen LogP contribution in [0.2, 0.25) is 0 Å². The number of likely N-dealkylation sites (tertiary alicyclic amines) is 1. The third kappa shape index (κ3) is 8.56. The smallest absolute Gasteiger partial charge is 0.418 e. The Balaban J connectivity index is 0.00000226. The van der Waals surface area contributed by atoms with Crippen molar-refractivity contribution in [1.29, 1.82) is 0 Å². The summed E-state index contributed by atoms with van der Waals surface area (Å²) >= 11 is 0. The summed E-state index contributed by atoms with van der Waals surface area (Å²) in [5.41, 5.74) is -1.10. The van der Waals surface area contributed by atoms with Gasteiger partial charge in [-0.1, -0.05) is 26.0 Å². The summed E-state index contributed by atoms with van der Waals surface area (Å²) in [7, 11) is 0. The predicted molar refractivity (Wildman–Crippen MR) is 142 cm³/mol. The molecule has 1 saturated heterocycles. The van der Waals surface area contributed by atoms with Gasteiger partial charge in [0, 0.05) is 43.2 Å². The van der Waals surface area contributed by atoms with Gasteiger partial charge in [0.15, 0.2) is 0 Å². The van der Waals surface area contributed by atoms with E-state index >= 15 is 0 Å². The van der Waals surface area contributed by atoms with Crippen molar-refractivity contribution >= 4 is 11.9 Å². The van der Waals surface area contributed by atoms with E-state index < -0.39 is 48.5 Å². The summed E-state index contributed by atoms with van der Waals surface area (Å²) in [6, 6.07) is 7.05. The number of carbonyl (C=O) groups excluding carboxylic acids is 1. The Morgan fingerprint density at radius 2 is 1.88 bits per heavy atom. The Morgan fingerprint density at radius 3 is 2.51 bits per heavy atom. The van der Waals surface area contributed by atoms with Crippen molar-refractivity contribution in [2.75, 3.05) is 19.6 Å². The lowest BCUT2D eigenvalue weighted by Gasteiger charge is -2.33. The van der Waals surface area contributed by atoms with Gasteiger partial charge in [0.1, 0.15) is 11.5 Å². The number of imidazole rings is 1. The Labute approximate surface area is 234 Å². The summed E-state index contributed by atoms with van der Waals surface area (Å²) in [4.78, 5) is 34.3. The van der Waals surface area contributed by atoms with Crippen molar-refractivity contribution in [2.45, 2.75) is 57.7 Å². The molecular weight excluding hydrogens is 549 g/mol. The number of halogens is 5. The zero-order valence-electron chi connectivity index (χ0n) is 22.7. The summed E-state index contributed by atoms with van der Waals surface area (Å²) < 4.78 is 70.0. The maximum absolute atomic E-state index is 13.8. The molecule has 2 N–H and O–H groups in total. The van der Waals surface area contributed by atoms with Crippen molar-refractivity contribution in [3.05, 3.63) is 66.2 Å². The highest BCUT2D eigenvalue weighted by Crippen LogP contribution is 2.35. The molecule has 0 unspecified atom stereocenters. The Bertz CT molecular complexity index is 1310. The van der Waals surface area contributed by atoms with E-state index in [1.165, 1.54) is 35.5 Å². The maximum Gasteiger partial charge on any atom is 0.418 e. The largest absolute Gasteiger partial charge is 0.481 e. The number of carboxylic acids is 1. The molecule has 13 heteroatoms. The molecule has 1 aromatic carbocycles. The quantitative estimate of drug-likeness (QED) is 0.316. The van der Waals surface area contributed by atoms with Crippen molar-refractivity contribution in [2.24, 2.45) is 0 Å². The van der Waals surface area contributed by atoms with Crippen LogP contribution in [0.15, 0.2) is 55.0 Å². The number of para-hydroxylation sites is 1. The summed E-state index contributed by atoms with van der Waals surface area (Å²) in [5, 5.41) is 11.9. The van der Waals surface area contributed by atoms with Gasteiger partial charge in [0.25, 0.3) is 11.8 Å². The minimum absolute atomic E-state index is 0.0234. The Kier molecular flexibility index (Phi) is 10.5. The number of benzene rings is 1. The average Bonchev–Trinajstić information content (AvgIpc) is 3.38.